The van der Waals surface area contributed by atoms with Gasteiger partial charge in [0.25, 0.3) is 0 Å². The number of nitrogens with two attached hydrogens (primary N) is 1. The normalized spacial score (nSPS) is 31.8. The molecule has 1 fully saturated rings. The fraction of sp³-hybridized carbons (Fsp3) is 0.625. The molecule has 0 amide bonds. The number of hydrogen-bond acceptors (Lipinski definition) is 2. The van der Waals surface area contributed by atoms with Crippen LogP contribution in [0.4, 0.5) is 0 Å². The molecule has 4 atom stereocenters. The lowest BCUT2D eigenvalue weighted by molar-refractivity contribution is 0.375. The molecule has 2 aliphatic carbocycles. The first-order valence-electron chi connectivity index (χ1n) is 7.33. The van der Waals surface area contributed by atoms with E-state index < -0.39 is 0 Å². The summed E-state index contributed by atoms with van der Waals surface area (Å²) in [5, 5.41) is 0. The summed E-state index contributed by atoms with van der Waals surface area (Å²) in [6.07, 6.45) is 6.48. The van der Waals surface area contributed by atoms with Crippen LogP contribution in [0, 0.1) is 11.8 Å². The number of benzene rings is 1. The van der Waals surface area contributed by atoms with E-state index in [-0.39, 0.29) is 0 Å². The van der Waals surface area contributed by atoms with Gasteiger partial charge >= 0.3 is 0 Å². The van der Waals surface area contributed by atoms with Gasteiger partial charge in [-0.05, 0) is 61.0 Å². The highest BCUT2D eigenvalue weighted by Crippen LogP contribution is 2.44. The Balaban J connectivity index is 1.73. The summed E-state index contributed by atoms with van der Waals surface area (Å²) in [6, 6.07) is 9.48. The second kappa shape index (κ2) is 5.02. The standard InChI is InChI=1S/C16H24N2/c1-11-9-15(11)16(18-17)10-13-7-4-6-12-5-2-3-8-14(12)13/h2-3,5,8,11,13,15-16,18H,4,6-7,9-10,17H2,1H3. The van der Waals surface area contributed by atoms with Crippen molar-refractivity contribution in [3.8, 4) is 0 Å². The maximum Gasteiger partial charge on any atom is 0.0247 e. The molecule has 1 saturated carbocycles. The molecular weight excluding hydrogens is 220 g/mol. The van der Waals surface area contributed by atoms with Crippen molar-refractivity contribution in [2.24, 2.45) is 17.7 Å². The molecule has 2 aliphatic rings. The number of fused-ring (bicyclic) bond motifs is 1. The average molecular weight is 244 g/mol. The average Bonchev–Trinajstić information content (AvgIpc) is 3.13. The first-order valence-corrected chi connectivity index (χ1v) is 7.33. The largest absolute Gasteiger partial charge is 0.271 e. The number of rotatable bonds is 4. The summed E-state index contributed by atoms with van der Waals surface area (Å²) in [5.74, 6) is 8.15. The second-order valence-electron chi connectivity index (χ2n) is 6.17. The maximum absolute atomic E-state index is 5.76. The van der Waals surface area contributed by atoms with E-state index in [4.69, 9.17) is 5.84 Å². The molecule has 4 unspecified atom stereocenters. The zero-order valence-corrected chi connectivity index (χ0v) is 11.2. The van der Waals surface area contributed by atoms with Crippen LogP contribution in [-0.4, -0.2) is 6.04 Å². The molecule has 0 spiro atoms. The number of aryl methyl sites for hydroxylation is 1. The third-order valence-electron chi connectivity index (χ3n) is 4.93. The molecule has 2 nitrogen and oxygen atoms in total. The summed E-state index contributed by atoms with van der Waals surface area (Å²) in [4.78, 5) is 0. The quantitative estimate of drug-likeness (QED) is 0.631. The molecule has 3 rings (SSSR count). The molecule has 0 aliphatic heterocycles. The molecule has 2 heteroatoms. The van der Waals surface area contributed by atoms with Crippen molar-refractivity contribution in [1.82, 2.24) is 5.43 Å². The minimum Gasteiger partial charge on any atom is -0.271 e. The Bertz CT molecular complexity index is 415. The summed E-state index contributed by atoms with van der Waals surface area (Å²) in [6.45, 7) is 2.34. The monoisotopic (exact) mass is 244 g/mol. The first kappa shape index (κ1) is 12.2. The minimum atomic E-state index is 0.510. The molecule has 0 radical (unpaired) electrons. The molecule has 0 bridgehead atoms. The molecule has 0 saturated heterocycles. The van der Waals surface area contributed by atoms with Gasteiger partial charge in [0.2, 0.25) is 0 Å². The van der Waals surface area contributed by atoms with Crippen molar-refractivity contribution in [2.45, 2.75) is 51.0 Å². The highest BCUT2D eigenvalue weighted by molar-refractivity contribution is 5.32. The van der Waals surface area contributed by atoms with Gasteiger partial charge in [-0.3, -0.25) is 11.3 Å². The van der Waals surface area contributed by atoms with Crippen LogP contribution < -0.4 is 11.3 Å². The van der Waals surface area contributed by atoms with E-state index in [2.05, 4.69) is 36.6 Å². The zero-order valence-electron chi connectivity index (χ0n) is 11.2. The Morgan fingerprint density at radius 2 is 2.17 bits per heavy atom. The van der Waals surface area contributed by atoms with E-state index in [9.17, 15) is 0 Å². The van der Waals surface area contributed by atoms with Gasteiger partial charge in [-0.2, -0.15) is 0 Å². The molecule has 0 heterocycles. The van der Waals surface area contributed by atoms with Crippen molar-refractivity contribution < 1.29 is 0 Å². The molecule has 1 aromatic rings. The number of hydrazine groups is 1. The van der Waals surface area contributed by atoms with E-state index in [1.54, 1.807) is 11.1 Å². The lowest BCUT2D eigenvalue weighted by Crippen LogP contribution is -2.38. The number of hydrogen-bond donors (Lipinski definition) is 2. The molecule has 1 aromatic carbocycles. The third kappa shape index (κ3) is 2.32. The predicted molar refractivity (Wildman–Crippen MR) is 75.1 cm³/mol. The van der Waals surface area contributed by atoms with Crippen LogP contribution in [0.3, 0.4) is 0 Å². The SMILES string of the molecule is CC1CC1C(CC1CCCc2ccccc21)NN. The van der Waals surface area contributed by atoms with E-state index in [1.165, 1.54) is 32.1 Å². The van der Waals surface area contributed by atoms with Crippen LogP contribution in [-0.2, 0) is 6.42 Å². The van der Waals surface area contributed by atoms with Crippen LogP contribution in [0.5, 0.6) is 0 Å². The summed E-state index contributed by atoms with van der Waals surface area (Å²) in [5.41, 5.74) is 6.22. The summed E-state index contributed by atoms with van der Waals surface area (Å²) >= 11 is 0. The van der Waals surface area contributed by atoms with Crippen molar-refractivity contribution in [3.63, 3.8) is 0 Å². The van der Waals surface area contributed by atoms with Crippen molar-refractivity contribution >= 4 is 0 Å². The van der Waals surface area contributed by atoms with Crippen LogP contribution in [0.25, 0.3) is 0 Å². The van der Waals surface area contributed by atoms with Crippen LogP contribution in [0.1, 0.15) is 49.7 Å². The molecular formula is C16H24N2. The van der Waals surface area contributed by atoms with Crippen LogP contribution >= 0.6 is 0 Å². The fourth-order valence-electron chi connectivity index (χ4n) is 3.68. The summed E-state index contributed by atoms with van der Waals surface area (Å²) < 4.78 is 0. The van der Waals surface area contributed by atoms with Gasteiger partial charge in [-0.15, -0.1) is 0 Å². The van der Waals surface area contributed by atoms with Crippen molar-refractivity contribution in [1.29, 1.82) is 0 Å². The van der Waals surface area contributed by atoms with Gasteiger partial charge in [0.15, 0.2) is 0 Å². The summed E-state index contributed by atoms with van der Waals surface area (Å²) in [7, 11) is 0. The Labute approximate surface area is 110 Å². The number of nitrogens with one attached hydrogen (secondary N) is 1. The van der Waals surface area contributed by atoms with Crippen LogP contribution in [0.2, 0.25) is 0 Å². The van der Waals surface area contributed by atoms with Gasteiger partial charge in [0.05, 0.1) is 0 Å². The topological polar surface area (TPSA) is 38.0 Å². The van der Waals surface area contributed by atoms with Gasteiger partial charge in [-0.25, -0.2) is 0 Å². The van der Waals surface area contributed by atoms with Gasteiger partial charge in [0, 0.05) is 6.04 Å². The lowest BCUT2D eigenvalue weighted by Gasteiger charge is -2.29. The lowest BCUT2D eigenvalue weighted by atomic mass is 9.79. The Kier molecular flexibility index (Phi) is 3.40. The zero-order chi connectivity index (χ0) is 12.5. The van der Waals surface area contributed by atoms with E-state index in [0.29, 0.717) is 12.0 Å². The van der Waals surface area contributed by atoms with E-state index in [1.807, 2.05) is 0 Å². The highest BCUT2D eigenvalue weighted by Gasteiger charge is 2.40. The minimum absolute atomic E-state index is 0.510. The molecule has 98 valence electrons. The third-order valence-corrected chi connectivity index (χ3v) is 4.93. The first-order chi connectivity index (χ1) is 8.79. The molecule has 0 aromatic heterocycles. The predicted octanol–water partition coefficient (Wildman–Crippen LogP) is 2.98. The van der Waals surface area contributed by atoms with E-state index >= 15 is 0 Å². The maximum atomic E-state index is 5.76. The molecule has 3 N–H and O–H groups in total. The smallest absolute Gasteiger partial charge is 0.0247 e. The Hall–Kier alpha value is -0.860. The highest BCUT2D eigenvalue weighted by atomic mass is 15.2. The Morgan fingerprint density at radius 1 is 1.39 bits per heavy atom. The van der Waals surface area contributed by atoms with Crippen LogP contribution in [0.15, 0.2) is 24.3 Å². The Morgan fingerprint density at radius 3 is 2.89 bits per heavy atom. The van der Waals surface area contributed by atoms with Gasteiger partial charge in [-0.1, -0.05) is 31.2 Å². The second-order valence-corrected chi connectivity index (χ2v) is 6.17. The van der Waals surface area contributed by atoms with Crippen molar-refractivity contribution in [3.05, 3.63) is 35.4 Å². The van der Waals surface area contributed by atoms with Gasteiger partial charge < -0.3 is 0 Å². The fourth-order valence-corrected chi connectivity index (χ4v) is 3.68. The molecule has 18 heavy (non-hydrogen) atoms. The van der Waals surface area contributed by atoms with E-state index in [0.717, 1.165) is 11.8 Å². The van der Waals surface area contributed by atoms with Gasteiger partial charge in [0.1, 0.15) is 0 Å². The van der Waals surface area contributed by atoms with Crippen molar-refractivity contribution in [2.75, 3.05) is 0 Å².